The van der Waals surface area contributed by atoms with Gasteiger partial charge in [0.1, 0.15) is 5.75 Å². The molecule has 5 heteroatoms. The lowest BCUT2D eigenvalue weighted by molar-refractivity contribution is -0.123. The smallest absolute Gasteiger partial charge is 0.257 e. The van der Waals surface area contributed by atoms with Crippen LogP contribution in [-0.2, 0) is 17.6 Å². The Labute approximate surface area is 143 Å². The van der Waals surface area contributed by atoms with Crippen LogP contribution in [0.3, 0.4) is 0 Å². The standard InChI is InChI=1S/C18H22N2O2.ClH/c1-2-14-5-9-17(10-6-14)22-13-18(21)20-12-11-15-3-7-16(19)8-4-15;/h3-10H,2,11-13,19H2,1H3,(H,20,21);1H. The number of carbonyl (C=O) groups is 1. The molecule has 0 radical (unpaired) electrons. The number of hydrogen-bond donors (Lipinski definition) is 2. The largest absolute Gasteiger partial charge is 0.484 e. The fourth-order valence-corrected chi connectivity index (χ4v) is 2.05. The van der Waals surface area contributed by atoms with Crippen LogP contribution in [0.2, 0.25) is 0 Å². The van der Waals surface area contributed by atoms with Crippen LogP contribution in [0.5, 0.6) is 5.75 Å². The lowest BCUT2D eigenvalue weighted by atomic mass is 10.1. The van der Waals surface area contributed by atoms with Crippen molar-refractivity contribution in [2.24, 2.45) is 0 Å². The van der Waals surface area contributed by atoms with Crippen molar-refractivity contribution in [1.82, 2.24) is 5.32 Å². The average Bonchev–Trinajstić information content (AvgIpc) is 2.55. The lowest BCUT2D eigenvalue weighted by Gasteiger charge is -2.08. The predicted octanol–water partition coefficient (Wildman–Crippen LogP) is 2.99. The number of anilines is 1. The summed E-state index contributed by atoms with van der Waals surface area (Å²) in [6.45, 7) is 2.72. The highest BCUT2D eigenvalue weighted by Crippen LogP contribution is 2.12. The highest BCUT2D eigenvalue weighted by Gasteiger charge is 2.02. The zero-order chi connectivity index (χ0) is 15.8. The Morgan fingerprint density at radius 1 is 1.04 bits per heavy atom. The minimum Gasteiger partial charge on any atom is -0.484 e. The van der Waals surface area contributed by atoms with Crippen molar-refractivity contribution in [1.29, 1.82) is 0 Å². The number of carbonyl (C=O) groups excluding carboxylic acids is 1. The van der Waals surface area contributed by atoms with Gasteiger partial charge in [-0.05, 0) is 48.2 Å². The van der Waals surface area contributed by atoms with Crippen molar-refractivity contribution in [3.05, 3.63) is 59.7 Å². The molecule has 2 rings (SSSR count). The molecule has 124 valence electrons. The van der Waals surface area contributed by atoms with E-state index < -0.39 is 0 Å². The van der Waals surface area contributed by atoms with Crippen molar-refractivity contribution in [3.63, 3.8) is 0 Å². The van der Waals surface area contributed by atoms with Crippen molar-refractivity contribution in [2.75, 3.05) is 18.9 Å². The van der Waals surface area contributed by atoms with Gasteiger partial charge >= 0.3 is 0 Å². The minimum atomic E-state index is -0.116. The first-order chi connectivity index (χ1) is 10.7. The topological polar surface area (TPSA) is 64.3 Å². The second-order valence-electron chi connectivity index (χ2n) is 5.13. The van der Waals surface area contributed by atoms with E-state index in [2.05, 4.69) is 12.2 Å². The molecule has 23 heavy (non-hydrogen) atoms. The van der Waals surface area contributed by atoms with Gasteiger partial charge in [0, 0.05) is 12.2 Å². The summed E-state index contributed by atoms with van der Waals surface area (Å²) in [6, 6.07) is 15.4. The van der Waals surface area contributed by atoms with Gasteiger partial charge in [0.15, 0.2) is 6.61 Å². The van der Waals surface area contributed by atoms with Crippen LogP contribution in [0.1, 0.15) is 18.1 Å². The van der Waals surface area contributed by atoms with E-state index in [1.807, 2.05) is 48.5 Å². The number of nitrogen functional groups attached to an aromatic ring is 1. The molecule has 2 aromatic carbocycles. The Balaban J connectivity index is 0.00000264. The van der Waals surface area contributed by atoms with E-state index >= 15 is 0 Å². The zero-order valence-corrected chi connectivity index (χ0v) is 14.1. The fraction of sp³-hybridized carbons (Fsp3) is 0.278. The molecule has 3 N–H and O–H groups in total. The normalized spacial score (nSPS) is 9.78. The molecule has 0 aliphatic heterocycles. The van der Waals surface area contributed by atoms with Crippen LogP contribution in [0.15, 0.2) is 48.5 Å². The van der Waals surface area contributed by atoms with Gasteiger partial charge in [-0.2, -0.15) is 0 Å². The molecule has 1 amide bonds. The summed E-state index contributed by atoms with van der Waals surface area (Å²) in [5.41, 5.74) is 8.77. The van der Waals surface area contributed by atoms with Crippen LogP contribution < -0.4 is 15.8 Å². The third-order valence-corrected chi connectivity index (χ3v) is 3.42. The van der Waals surface area contributed by atoms with E-state index in [0.29, 0.717) is 12.3 Å². The third kappa shape index (κ3) is 6.61. The van der Waals surface area contributed by atoms with Gasteiger partial charge in [-0.25, -0.2) is 0 Å². The molecule has 0 heterocycles. The van der Waals surface area contributed by atoms with Crippen LogP contribution in [-0.4, -0.2) is 19.1 Å². The van der Waals surface area contributed by atoms with Crippen LogP contribution in [0.25, 0.3) is 0 Å². The first-order valence-corrected chi connectivity index (χ1v) is 7.50. The number of hydrogen-bond acceptors (Lipinski definition) is 3. The second-order valence-corrected chi connectivity index (χ2v) is 5.13. The molecule has 2 aromatic rings. The van der Waals surface area contributed by atoms with Gasteiger partial charge < -0.3 is 15.8 Å². The van der Waals surface area contributed by atoms with Crippen molar-refractivity contribution < 1.29 is 9.53 Å². The molecule has 0 fully saturated rings. The zero-order valence-electron chi connectivity index (χ0n) is 13.2. The Morgan fingerprint density at radius 2 is 1.65 bits per heavy atom. The number of aryl methyl sites for hydroxylation is 1. The maximum Gasteiger partial charge on any atom is 0.257 e. The van der Waals surface area contributed by atoms with Gasteiger partial charge in [0.05, 0.1) is 0 Å². The van der Waals surface area contributed by atoms with Crippen molar-refractivity contribution in [3.8, 4) is 5.75 Å². The van der Waals surface area contributed by atoms with Gasteiger partial charge in [-0.1, -0.05) is 31.2 Å². The fourth-order valence-electron chi connectivity index (χ4n) is 2.05. The molecule has 0 saturated carbocycles. The quantitative estimate of drug-likeness (QED) is 0.765. The van der Waals surface area contributed by atoms with Gasteiger partial charge in [0.2, 0.25) is 0 Å². The van der Waals surface area contributed by atoms with Crippen LogP contribution >= 0.6 is 12.4 Å². The third-order valence-electron chi connectivity index (χ3n) is 3.42. The Kier molecular flexibility index (Phi) is 7.98. The summed E-state index contributed by atoms with van der Waals surface area (Å²) < 4.78 is 5.46. The number of ether oxygens (including phenoxy) is 1. The molecular weight excluding hydrogens is 312 g/mol. The van der Waals surface area contributed by atoms with Crippen LogP contribution in [0, 0.1) is 0 Å². The van der Waals surface area contributed by atoms with E-state index in [1.54, 1.807) is 0 Å². The van der Waals surface area contributed by atoms with Gasteiger partial charge in [-0.15, -0.1) is 12.4 Å². The average molecular weight is 335 g/mol. The Bertz CT molecular complexity index is 597. The van der Waals surface area contributed by atoms with Crippen LogP contribution in [0.4, 0.5) is 5.69 Å². The number of nitrogens with one attached hydrogen (secondary N) is 1. The second kappa shape index (κ2) is 9.74. The molecular formula is C18H23ClN2O2. The van der Waals surface area contributed by atoms with E-state index in [4.69, 9.17) is 10.5 Å². The summed E-state index contributed by atoms with van der Waals surface area (Å²) in [4.78, 5) is 11.7. The SMILES string of the molecule is CCc1ccc(OCC(=O)NCCc2ccc(N)cc2)cc1.Cl. The number of nitrogens with two attached hydrogens (primary N) is 1. The summed E-state index contributed by atoms with van der Waals surface area (Å²) in [7, 11) is 0. The monoisotopic (exact) mass is 334 g/mol. The molecule has 0 saturated heterocycles. The van der Waals surface area contributed by atoms with Gasteiger partial charge in [-0.3, -0.25) is 4.79 Å². The molecule has 0 unspecified atom stereocenters. The molecule has 0 aromatic heterocycles. The van der Waals surface area contributed by atoms with Crippen molar-refractivity contribution >= 4 is 24.0 Å². The summed E-state index contributed by atoms with van der Waals surface area (Å²) in [5.74, 6) is 0.598. The first kappa shape index (κ1) is 18.8. The number of benzene rings is 2. The first-order valence-electron chi connectivity index (χ1n) is 7.50. The number of halogens is 1. The maximum atomic E-state index is 11.7. The Hall–Kier alpha value is -2.20. The minimum absolute atomic E-state index is 0. The molecule has 0 spiro atoms. The molecule has 0 bridgehead atoms. The summed E-state index contributed by atoms with van der Waals surface area (Å²) in [6.07, 6.45) is 1.77. The highest BCUT2D eigenvalue weighted by molar-refractivity contribution is 5.85. The van der Waals surface area contributed by atoms with E-state index in [9.17, 15) is 4.79 Å². The molecule has 0 aliphatic carbocycles. The predicted molar refractivity (Wildman–Crippen MR) is 96.1 cm³/mol. The molecule has 0 aliphatic rings. The molecule has 0 atom stereocenters. The van der Waals surface area contributed by atoms with Crippen molar-refractivity contribution in [2.45, 2.75) is 19.8 Å². The van der Waals surface area contributed by atoms with E-state index in [-0.39, 0.29) is 24.9 Å². The van der Waals surface area contributed by atoms with Gasteiger partial charge in [0.25, 0.3) is 5.91 Å². The highest BCUT2D eigenvalue weighted by atomic mass is 35.5. The Morgan fingerprint density at radius 3 is 2.26 bits per heavy atom. The summed E-state index contributed by atoms with van der Waals surface area (Å²) in [5, 5.41) is 2.84. The van der Waals surface area contributed by atoms with E-state index in [1.165, 1.54) is 5.56 Å². The number of amides is 1. The number of rotatable bonds is 7. The molecule has 4 nitrogen and oxygen atoms in total. The lowest BCUT2D eigenvalue weighted by Crippen LogP contribution is -2.30. The maximum absolute atomic E-state index is 11.7. The summed E-state index contributed by atoms with van der Waals surface area (Å²) >= 11 is 0. The van der Waals surface area contributed by atoms with E-state index in [0.717, 1.165) is 24.1 Å².